The topological polar surface area (TPSA) is 39.9 Å². The molecule has 0 spiro atoms. The Kier molecular flexibility index (Phi) is 3.68. The van der Waals surface area contributed by atoms with Gasteiger partial charge >= 0.3 is 5.97 Å². The molecule has 0 N–H and O–H groups in total. The number of hydrogen-bond donors (Lipinski definition) is 0. The highest BCUT2D eigenvalue weighted by Gasteiger charge is 2.31. The number of rotatable bonds is 2. The van der Waals surface area contributed by atoms with Gasteiger partial charge in [0.25, 0.3) is 0 Å². The van der Waals surface area contributed by atoms with Crippen LogP contribution in [-0.2, 0) is 9.47 Å². The van der Waals surface area contributed by atoms with E-state index in [1.54, 1.807) is 22.9 Å². The van der Waals surface area contributed by atoms with Gasteiger partial charge in [-0.15, -0.1) is 0 Å². The highest BCUT2D eigenvalue weighted by Crippen LogP contribution is 2.37. The summed E-state index contributed by atoms with van der Waals surface area (Å²) >= 11 is 0. The van der Waals surface area contributed by atoms with E-state index in [0.717, 1.165) is 12.8 Å². The maximum atomic E-state index is 14.9. The van der Waals surface area contributed by atoms with E-state index in [1.165, 1.54) is 13.2 Å². The molecular formula is C17H20FNO3. The van der Waals surface area contributed by atoms with Crippen molar-refractivity contribution < 1.29 is 18.7 Å². The molecule has 1 aliphatic heterocycles. The van der Waals surface area contributed by atoms with Crippen molar-refractivity contribution in [2.45, 2.75) is 38.2 Å². The van der Waals surface area contributed by atoms with Gasteiger partial charge in [-0.1, -0.05) is 0 Å². The van der Waals surface area contributed by atoms with Crippen LogP contribution in [0, 0.1) is 5.82 Å². The molecule has 22 heavy (non-hydrogen) atoms. The molecule has 118 valence electrons. The van der Waals surface area contributed by atoms with Crippen LogP contribution in [0.5, 0.6) is 0 Å². The second kappa shape index (κ2) is 5.39. The van der Waals surface area contributed by atoms with E-state index in [1.807, 2.05) is 13.8 Å². The maximum absolute atomic E-state index is 14.9. The quantitative estimate of drug-likeness (QED) is 0.797. The predicted octanol–water partition coefficient (Wildman–Crippen LogP) is 3.54. The number of fused-ring (bicyclic) bond motifs is 1. The standard InChI is InChI=1S/C17H20FNO3/c1-17(2)9-11(5-7-22-17)13-4-6-19-10-12(16(20)21-3)8-14(19)15(13)18/h4,6,8,10-11H,5,7,9H2,1-3H3. The van der Waals surface area contributed by atoms with E-state index in [2.05, 4.69) is 4.74 Å². The summed E-state index contributed by atoms with van der Waals surface area (Å²) in [6.45, 7) is 4.70. The molecule has 2 aromatic rings. The third-order valence-electron chi connectivity index (χ3n) is 4.30. The van der Waals surface area contributed by atoms with E-state index in [-0.39, 0.29) is 17.3 Å². The number of halogens is 1. The zero-order valence-corrected chi connectivity index (χ0v) is 13.1. The molecule has 0 amide bonds. The minimum absolute atomic E-state index is 0.130. The van der Waals surface area contributed by atoms with Crippen molar-refractivity contribution in [1.29, 1.82) is 0 Å². The molecule has 0 saturated carbocycles. The number of nitrogens with zero attached hydrogens (tertiary/aromatic N) is 1. The number of hydrogen-bond acceptors (Lipinski definition) is 3. The van der Waals surface area contributed by atoms with Crippen LogP contribution < -0.4 is 0 Å². The van der Waals surface area contributed by atoms with Crippen LogP contribution >= 0.6 is 0 Å². The van der Waals surface area contributed by atoms with Crippen molar-refractivity contribution >= 4 is 11.5 Å². The summed E-state index contributed by atoms with van der Waals surface area (Å²) in [4.78, 5) is 11.6. The molecule has 5 heteroatoms. The summed E-state index contributed by atoms with van der Waals surface area (Å²) < 4.78 is 26.9. The predicted molar refractivity (Wildman–Crippen MR) is 80.7 cm³/mol. The van der Waals surface area contributed by atoms with Crippen LogP contribution in [0.25, 0.3) is 5.52 Å². The molecule has 1 aliphatic rings. The Morgan fingerprint density at radius 1 is 1.50 bits per heavy atom. The van der Waals surface area contributed by atoms with Gasteiger partial charge < -0.3 is 13.9 Å². The second-order valence-electron chi connectivity index (χ2n) is 6.40. The Hall–Kier alpha value is -1.88. The zero-order valence-electron chi connectivity index (χ0n) is 13.1. The first-order chi connectivity index (χ1) is 10.4. The normalized spacial score (nSPS) is 21.0. The molecule has 2 aromatic heterocycles. The molecule has 1 atom stereocenters. The van der Waals surface area contributed by atoms with Gasteiger partial charge in [0.2, 0.25) is 0 Å². The number of pyridine rings is 1. The first kappa shape index (κ1) is 15.0. The molecule has 4 nitrogen and oxygen atoms in total. The largest absolute Gasteiger partial charge is 0.465 e. The number of carbonyl (C=O) groups excluding carboxylic acids is 1. The molecule has 3 heterocycles. The smallest absolute Gasteiger partial charge is 0.339 e. The lowest BCUT2D eigenvalue weighted by Gasteiger charge is -2.35. The molecule has 0 aliphatic carbocycles. The highest BCUT2D eigenvalue weighted by molar-refractivity contribution is 5.91. The van der Waals surface area contributed by atoms with Crippen LogP contribution in [0.15, 0.2) is 24.5 Å². The van der Waals surface area contributed by atoms with Crippen LogP contribution in [-0.4, -0.2) is 29.7 Å². The molecule has 0 radical (unpaired) electrons. The summed E-state index contributed by atoms with van der Waals surface area (Å²) in [6, 6.07) is 3.34. The van der Waals surface area contributed by atoms with Crippen molar-refractivity contribution in [3.05, 3.63) is 41.5 Å². The molecule has 1 fully saturated rings. The summed E-state index contributed by atoms with van der Waals surface area (Å²) in [5, 5.41) is 0. The summed E-state index contributed by atoms with van der Waals surface area (Å²) in [5.74, 6) is -0.595. The van der Waals surface area contributed by atoms with Gasteiger partial charge in [-0.3, -0.25) is 0 Å². The van der Waals surface area contributed by atoms with E-state index in [4.69, 9.17) is 4.74 Å². The maximum Gasteiger partial charge on any atom is 0.339 e. The number of carbonyl (C=O) groups is 1. The summed E-state index contributed by atoms with van der Waals surface area (Å²) in [6.07, 6.45) is 4.97. The van der Waals surface area contributed by atoms with Crippen molar-refractivity contribution in [1.82, 2.24) is 4.40 Å². The minimum Gasteiger partial charge on any atom is -0.465 e. The van der Waals surface area contributed by atoms with Crippen molar-refractivity contribution in [3.63, 3.8) is 0 Å². The average Bonchev–Trinajstić information content (AvgIpc) is 2.91. The van der Waals surface area contributed by atoms with Gasteiger partial charge in [0.1, 0.15) is 0 Å². The average molecular weight is 305 g/mol. The lowest BCUT2D eigenvalue weighted by Crippen LogP contribution is -2.33. The van der Waals surface area contributed by atoms with Crippen molar-refractivity contribution in [2.75, 3.05) is 13.7 Å². The SMILES string of the molecule is COC(=O)c1cc2c(F)c(C3CCOC(C)(C)C3)ccn2c1. The number of esters is 1. The summed E-state index contributed by atoms with van der Waals surface area (Å²) in [5.41, 5.74) is 1.21. The Labute approximate surface area is 128 Å². The fourth-order valence-electron chi connectivity index (χ4n) is 3.20. The molecule has 1 saturated heterocycles. The third kappa shape index (κ3) is 2.61. The van der Waals surface area contributed by atoms with E-state index >= 15 is 0 Å². The van der Waals surface area contributed by atoms with Gasteiger partial charge in [-0.2, -0.15) is 0 Å². The van der Waals surface area contributed by atoms with Gasteiger partial charge in [-0.05, 0) is 50.3 Å². The molecule has 0 bridgehead atoms. The zero-order chi connectivity index (χ0) is 15.9. The Bertz CT molecular complexity index is 720. The monoisotopic (exact) mass is 305 g/mol. The minimum atomic E-state index is -0.461. The fourth-order valence-corrected chi connectivity index (χ4v) is 3.20. The molecule has 0 aromatic carbocycles. The molecular weight excluding hydrogens is 285 g/mol. The lowest BCUT2D eigenvalue weighted by atomic mass is 9.83. The van der Waals surface area contributed by atoms with Gasteiger partial charge in [0, 0.05) is 19.0 Å². The Morgan fingerprint density at radius 3 is 2.95 bits per heavy atom. The Morgan fingerprint density at radius 2 is 2.27 bits per heavy atom. The Balaban J connectivity index is 2.01. The van der Waals surface area contributed by atoms with E-state index in [9.17, 15) is 9.18 Å². The van der Waals surface area contributed by atoms with Crippen LogP contribution in [0.3, 0.4) is 0 Å². The number of methoxy groups -OCH3 is 1. The van der Waals surface area contributed by atoms with Crippen LogP contribution in [0.4, 0.5) is 4.39 Å². The van der Waals surface area contributed by atoms with E-state index in [0.29, 0.717) is 23.3 Å². The van der Waals surface area contributed by atoms with Crippen molar-refractivity contribution in [3.8, 4) is 0 Å². The molecule has 3 rings (SSSR count). The number of aromatic nitrogens is 1. The molecule has 1 unspecified atom stereocenters. The number of ether oxygens (including phenoxy) is 2. The summed E-state index contributed by atoms with van der Waals surface area (Å²) in [7, 11) is 1.32. The fraction of sp³-hybridized carbons (Fsp3) is 0.471. The van der Waals surface area contributed by atoms with E-state index < -0.39 is 5.97 Å². The second-order valence-corrected chi connectivity index (χ2v) is 6.40. The third-order valence-corrected chi connectivity index (χ3v) is 4.30. The van der Waals surface area contributed by atoms with Crippen LogP contribution in [0.1, 0.15) is 48.5 Å². The van der Waals surface area contributed by atoms with Crippen molar-refractivity contribution in [2.24, 2.45) is 0 Å². The van der Waals surface area contributed by atoms with Gasteiger partial charge in [-0.25, -0.2) is 9.18 Å². The highest BCUT2D eigenvalue weighted by atomic mass is 19.1. The lowest BCUT2D eigenvalue weighted by molar-refractivity contribution is -0.0596. The first-order valence-corrected chi connectivity index (χ1v) is 7.44. The first-order valence-electron chi connectivity index (χ1n) is 7.44. The van der Waals surface area contributed by atoms with Gasteiger partial charge in [0.05, 0.1) is 23.8 Å². The van der Waals surface area contributed by atoms with Crippen LogP contribution in [0.2, 0.25) is 0 Å². The van der Waals surface area contributed by atoms with Gasteiger partial charge in [0.15, 0.2) is 5.82 Å².